The van der Waals surface area contributed by atoms with Crippen LogP contribution in [0.15, 0.2) is 42.5 Å². The first-order valence-corrected chi connectivity index (χ1v) is 10.2. The van der Waals surface area contributed by atoms with Crippen molar-refractivity contribution < 1.29 is 18.7 Å². The van der Waals surface area contributed by atoms with Gasteiger partial charge >= 0.3 is 0 Å². The van der Waals surface area contributed by atoms with Gasteiger partial charge in [-0.2, -0.15) is 0 Å². The van der Waals surface area contributed by atoms with E-state index in [4.69, 9.17) is 4.74 Å². The largest absolute Gasteiger partial charge is 0.383 e. The molecule has 1 heterocycles. The first-order valence-electron chi connectivity index (χ1n) is 10.2. The lowest BCUT2D eigenvalue weighted by molar-refractivity contribution is 0.0936. The van der Waals surface area contributed by atoms with Crippen LogP contribution in [0.2, 0.25) is 0 Å². The van der Waals surface area contributed by atoms with E-state index in [-0.39, 0.29) is 11.5 Å². The lowest BCUT2D eigenvalue weighted by Crippen LogP contribution is -2.35. The maximum Gasteiger partial charge on any atom is 0.255 e. The number of amides is 2. The fourth-order valence-corrected chi connectivity index (χ4v) is 3.52. The molecule has 1 fully saturated rings. The van der Waals surface area contributed by atoms with E-state index >= 15 is 0 Å². The van der Waals surface area contributed by atoms with Crippen molar-refractivity contribution in [3.8, 4) is 0 Å². The molecule has 2 aromatic carbocycles. The highest BCUT2D eigenvalue weighted by molar-refractivity contribution is 6.06. The summed E-state index contributed by atoms with van der Waals surface area (Å²) in [4.78, 5) is 27.5. The standard InChI is InChI=1S/C23H28FN3O3/c1-16-8-11-27(12-9-16)21-7-6-19(15-20(21)23(29)25-10-13-30-2)26-22(28)17-4-3-5-18(24)14-17/h3-7,14-16H,8-13H2,1-2H3,(H,25,29)(H,26,28). The van der Waals surface area contributed by atoms with Crippen molar-refractivity contribution in [1.82, 2.24) is 5.32 Å². The number of nitrogens with zero attached hydrogens (tertiary/aromatic N) is 1. The van der Waals surface area contributed by atoms with Gasteiger partial charge in [-0.15, -0.1) is 0 Å². The van der Waals surface area contributed by atoms with Crippen LogP contribution in [0.4, 0.5) is 15.8 Å². The molecular weight excluding hydrogens is 385 g/mol. The van der Waals surface area contributed by atoms with Crippen molar-refractivity contribution in [3.05, 3.63) is 59.4 Å². The smallest absolute Gasteiger partial charge is 0.255 e. The second kappa shape index (κ2) is 10.2. The summed E-state index contributed by atoms with van der Waals surface area (Å²) in [6.45, 7) is 4.81. The van der Waals surface area contributed by atoms with Crippen LogP contribution >= 0.6 is 0 Å². The molecule has 1 aliphatic heterocycles. The minimum atomic E-state index is -0.476. The van der Waals surface area contributed by atoms with E-state index < -0.39 is 11.7 Å². The van der Waals surface area contributed by atoms with Gasteiger partial charge in [0.25, 0.3) is 11.8 Å². The molecule has 7 heteroatoms. The SMILES string of the molecule is COCCNC(=O)c1cc(NC(=O)c2cccc(F)c2)ccc1N1CCC(C)CC1. The van der Waals surface area contributed by atoms with Crippen LogP contribution in [0.5, 0.6) is 0 Å². The van der Waals surface area contributed by atoms with E-state index in [1.807, 2.05) is 6.07 Å². The molecule has 0 atom stereocenters. The van der Waals surface area contributed by atoms with Crippen LogP contribution in [0.25, 0.3) is 0 Å². The number of hydrogen-bond acceptors (Lipinski definition) is 4. The van der Waals surface area contributed by atoms with Gasteiger partial charge in [-0.1, -0.05) is 13.0 Å². The number of anilines is 2. The number of benzene rings is 2. The van der Waals surface area contributed by atoms with E-state index in [1.165, 1.54) is 18.2 Å². The third-order valence-corrected chi connectivity index (χ3v) is 5.30. The number of hydrogen-bond donors (Lipinski definition) is 2. The molecular formula is C23H28FN3O3. The Balaban J connectivity index is 1.83. The Morgan fingerprint density at radius 2 is 1.90 bits per heavy atom. The summed E-state index contributed by atoms with van der Waals surface area (Å²) >= 11 is 0. The van der Waals surface area contributed by atoms with Crippen LogP contribution in [-0.4, -0.2) is 45.2 Å². The Morgan fingerprint density at radius 3 is 2.60 bits per heavy atom. The predicted octanol–water partition coefficient (Wildman–Crippen LogP) is 3.69. The maximum atomic E-state index is 13.4. The van der Waals surface area contributed by atoms with Gasteiger partial charge in [-0.05, 0) is 55.2 Å². The van der Waals surface area contributed by atoms with Gasteiger partial charge in [-0.3, -0.25) is 9.59 Å². The van der Waals surface area contributed by atoms with Crippen molar-refractivity contribution in [2.24, 2.45) is 5.92 Å². The Bertz CT molecular complexity index is 895. The van der Waals surface area contributed by atoms with Gasteiger partial charge < -0.3 is 20.3 Å². The van der Waals surface area contributed by atoms with Crippen LogP contribution < -0.4 is 15.5 Å². The number of ether oxygens (including phenoxy) is 1. The summed E-state index contributed by atoms with van der Waals surface area (Å²) in [6, 6.07) is 10.8. The quantitative estimate of drug-likeness (QED) is 0.679. The molecule has 160 valence electrons. The molecule has 30 heavy (non-hydrogen) atoms. The van der Waals surface area contributed by atoms with Crippen molar-refractivity contribution >= 4 is 23.2 Å². The van der Waals surface area contributed by atoms with Crippen molar-refractivity contribution in [3.63, 3.8) is 0 Å². The minimum Gasteiger partial charge on any atom is -0.383 e. The molecule has 0 aromatic heterocycles. The highest BCUT2D eigenvalue weighted by Gasteiger charge is 2.22. The summed E-state index contributed by atoms with van der Waals surface area (Å²) in [5.74, 6) is -0.456. The highest BCUT2D eigenvalue weighted by atomic mass is 19.1. The fraction of sp³-hybridized carbons (Fsp3) is 0.391. The Morgan fingerprint density at radius 1 is 1.13 bits per heavy atom. The van der Waals surface area contributed by atoms with E-state index in [0.717, 1.165) is 31.6 Å². The number of carbonyl (C=O) groups excluding carboxylic acids is 2. The van der Waals surface area contributed by atoms with Gasteiger partial charge in [0.1, 0.15) is 5.82 Å². The third-order valence-electron chi connectivity index (χ3n) is 5.30. The molecule has 1 saturated heterocycles. The zero-order valence-corrected chi connectivity index (χ0v) is 17.4. The zero-order chi connectivity index (χ0) is 21.5. The van der Waals surface area contributed by atoms with Crippen molar-refractivity contribution in [2.45, 2.75) is 19.8 Å². The van der Waals surface area contributed by atoms with Gasteiger partial charge in [0, 0.05) is 43.7 Å². The molecule has 0 bridgehead atoms. The van der Waals surface area contributed by atoms with E-state index in [1.54, 1.807) is 25.3 Å². The van der Waals surface area contributed by atoms with Gasteiger partial charge in [-0.25, -0.2) is 4.39 Å². The van der Waals surface area contributed by atoms with Crippen LogP contribution in [0.3, 0.4) is 0 Å². The molecule has 0 unspecified atom stereocenters. The molecule has 2 amide bonds. The molecule has 3 rings (SSSR count). The molecule has 6 nitrogen and oxygen atoms in total. The van der Waals surface area contributed by atoms with E-state index in [9.17, 15) is 14.0 Å². The zero-order valence-electron chi connectivity index (χ0n) is 17.4. The fourth-order valence-electron chi connectivity index (χ4n) is 3.52. The molecule has 0 radical (unpaired) electrons. The number of halogens is 1. The van der Waals surface area contributed by atoms with Crippen LogP contribution in [0, 0.1) is 11.7 Å². The predicted molar refractivity (Wildman–Crippen MR) is 116 cm³/mol. The lowest BCUT2D eigenvalue weighted by Gasteiger charge is -2.33. The number of methoxy groups -OCH3 is 1. The van der Waals surface area contributed by atoms with E-state index in [0.29, 0.717) is 30.3 Å². The number of nitrogens with one attached hydrogen (secondary N) is 2. The summed E-state index contributed by atoms with van der Waals surface area (Å²) in [5.41, 5.74) is 2.05. The van der Waals surface area contributed by atoms with Gasteiger partial charge in [0.05, 0.1) is 12.2 Å². The number of piperidine rings is 1. The second-order valence-corrected chi connectivity index (χ2v) is 7.61. The molecule has 0 aliphatic carbocycles. The molecule has 0 saturated carbocycles. The first kappa shape index (κ1) is 21.8. The summed E-state index contributed by atoms with van der Waals surface area (Å²) < 4.78 is 18.4. The van der Waals surface area contributed by atoms with Gasteiger partial charge in [0.15, 0.2) is 0 Å². The molecule has 2 aromatic rings. The topological polar surface area (TPSA) is 70.7 Å². The van der Waals surface area contributed by atoms with Crippen molar-refractivity contribution in [1.29, 1.82) is 0 Å². The maximum absolute atomic E-state index is 13.4. The minimum absolute atomic E-state index is 0.218. The van der Waals surface area contributed by atoms with Crippen LogP contribution in [-0.2, 0) is 4.74 Å². The molecule has 2 N–H and O–H groups in total. The summed E-state index contributed by atoms with van der Waals surface area (Å²) in [5, 5.41) is 5.61. The number of carbonyl (C=O) groups is 2. The monoisotopic (exact) mass is 413 g/mol. The molecule has 1 aliphatic rings. The van der Waals surface area contributed by atoms with Crippen LogP contribution in [0.1, 0.15) is 40.5 Å². The Labute approximate surface area is 176 Å². The van der Waals surface area contributed by atoms with E-state index in [2.05, 4.69) is 22.5 Å². The summed E-state index contributed by atoms with van der Waals surface area (Å²) in [7, 11) is 1.58. The lowest BCUT2D eigenvalue weighted by atomic mass is 9.97. The average Bonchev–Trinajstić information content (AvgIpc) is 2.74. The first-order chi connectivity index (χ1) is 14.5. The van der Waals surface area contributed by atoms with Crippen molar-refractivity contribution in [2.75, 3.05) is 43.6 Å². The Kier molecular flexibility index (Phi) is 7.41. The average molecular weight is 413 g/mol. The molecule has 0 spiro atoms. The second-order valence-electron chi connectivity index (χ2n) is 7.61. The number of rotatable bonds is 7. The third kappa shape index (κ3) is 5.57. The Hall–Kier alpha value is -2.93. The normalized spacial score (nSPS) is 14.4. The highest BCUT2D eigenvalue weighted by Crippen LogP contribution is 2.29. The van der Waals surface area contributed by atoms with Gasteiger partial charge in [0.2, 0.25) is 0 Å². The summed E-state index contributed by atoms with van der Waals surface area (Å²) in [6.07, 6.45) is 2.14.